The summed E-state index contributed by atoms with van der Waals surface area (Å²) in [6.45, 7) is 12.9. The Bertz CT molecular complexity index is 437. The molecule has 0 amide bonds. The van der Waals surface area contributed by atoms with Crippen LogP contribution >= 0.6 is 0 Å². The maximum Gasteiger partial charge on any atom is 0.124 e. The second kappa shape index (κ2) is 7.81. The molecule has 0 aliphatic rings. The zero-order valence-electron chi connectivity index (χ0n) is 14.6. The van der Waals surface area contributed by atoms with Crippen molar-refractivity contribution in [3.8, 4) is 5.75 Å². The van der Waals surface area contributed by atoms with E-state index in [9.17, 15) is 0 Å². The Morgan fingerprint density at radius 2 is 1.81 bits per heavy atom. The van der Waals surface area contributed by atoms with Crippen LogP contribution in [0.25, 0.3) is 0 Å². The Morgan fingerprint density at radius 1 is 1.14 bits per heavy atom. The number of benzene rings is 1. The van der Waals surface area contributed by atoms with Crippen LogP contribution in [0.15, 0.2) is 18.2 Å². The fraction of sp³-hybridized carbons (Fsp3) is 0.667. The van der Waals surface area contributed by atoms with Crippen LogP contribution in [0.1, 0.15) is 51.8 Å². The first kappa shape index (κ1) is 18.0. The molecule has 0 radical (unpaired) electrons. The molecule has 0 saturated heterocycles. The first-order chi connectivity index (χ1) is 9.79. The third-order valence-electron chi connectivity index (χ3n) is 4.31. The summed E-state index contributed by atoms with van der Waals surface area (Å²) in [5.41, 5.74) is 2.69. The number of hydrogen-bond acceptors (Lipinski definition) is 3. The lowest BCUT2D eigenvalue weighted by Gasteiger charge is -2.29. The zero-order valence-corrected chi connectivity index (χ0v) is 14.6. The number of rotatable bonds is 7. The summed E-state index contributed by atoms with van der Waals surface area (Å²) < 4.78 is 10.6. The molecule has 3 nitrogen and oxygen atoms in total. The van der Waals surface area contributed by atoms with Gasteiger partial charge in [-0.05, 0) is 42.5 Å². The minimum Gasteiger partial charge on any atom is -0.496 e. The predicted octanol–water partition coefficient (Wildman–Crippen LogP) is 4.17. The topological polar surface area (TPSA) is 30.5 Å². The van der Waals surface area contributed by atoms with Gasteiger partial charge in [-0.2, -0.15) is 0 Å². The SMILES string of the molecule is COCc1cc(C(C)NCC(C)C(C)(C)C)ccc1OC. The van der Waals surface area contributed by atoms with E-state index in [1.54, 1.807) is 14.2 Å². The normalized spacial score (nSPS) is 14.8. The van der Waals surface area contributed by atoms with E-state index in [0.717, 1.165) is 17.9 Å². The Kier molecular flexibility index (Phi) is 6.69. The minimum atomic E-state index is 0.316. The van der Waals surface area contributed by atoms with E-state index >= 15 is 0 Å². The third kappa shape index (κ3) is 5.33. The molecular formula is C18H31NO2. The summed E-state index contributed by atoms with van der Waals surface area (Å²) in [7, 11) is 3.40. The van der Waals surface area contributed by atoms with Crippen LogP contribution in [0.4, 0.5) is 0 Å². The Hall–Kier alpha value is -1.06. The lowest BCUT2D eigenvalue weighted by Crippen LogP contribution is -2.31. The van der Waals surface area contributed by atoms with E-state index in [1.807, 2.05) is 6.07 Å². The van der Waals surface area contributed by atoms with E-state index in [1.165, 1.54) is 5.56 Å². The summed E-state index contributed by atoms with van der Waals surface area (Å²) in [4.78, 5) is 0. The summed E-state index contributed by atoms with van der Waals surface area (Å²) in [6.07, 6.45) is 0. The van der Waals surface area contributed by atoms with E-state index < -0.39 is 0 Å². The van der Waals surface area contributed by atoms with Gasteiger partial charge in [0, 0.05) is 18.7 Å². The molecule has 1 rings (SSSR count). The molecule has 3 heteroatoms. The van der Waals surface area contributed by atoms with Crippen LogP contribution in [-0.2, 0) is 11.3 Å². The van der Waals surface area contributed by atoms with Gasteiger partial charge in [-0.3, -0.25) is 0 Å². The van der Waals surface area contributed by atoms with Gasteiger partial charge in [0.1, 0.15) is 5.75 Å². The van der Waals surface area contributed by atoms with Crippen LogP contribution in [-0.4, -0.2) is 20.8 Å². The smallest absolute Gasteiger partial charge is 0.124 e. The lowest BCUT2D eigenvalue weighted by atomic mass is 9.82. The van der Waals surface area contributed by atoms with Crippen molar-refractivity contribution in [1.82, 2.24) is 5.32 Å². The van der Waals surface area contributed by atoms with E-state index in [2.05, 4.69) is 52.1 Å². The van der Waals surface area contributed by atoms with E-state index in [4.69, 9.17) is 9.47 Å². The standard InChI is InChI=1S/C18H31NO2/c1-13(18(3,4)5)11-19-14(2)15-8-9-17(21-7)16(10-15)12-20-6/h8-10,13-14,19H,11-12H2,1-7H3. The van der Waals surface area contributed by atoms with Crippen LogP contribution in [0.3, 0.4) is 0 Å². The molecule has 2 unspecified atom stereocenters. The van der Waals surface area contributed by atoms with Crippen molar-refractivity contribution in [2.24, 2.45) is 11.3 Å². The van der Waals surface area contributed by atoms with Crippen molar-refractivity contribution in [1.29, 1.82) is 0 Å². The molecule has 21 heavy (non-hydrogen) atoms. The molecule has 1 N–H and O–H groups in total. The molecular weight excluding hydrogens is 262 g/mol. The summed E-state index contributed by atoms with van der Waals surface area (Å²) >= 11 is 0. The monoisotopic (exact) mass is 293 g/mol. The van der Waals surface area contributed by atoms with Crippen LogP contribution in [0.5, 0.6) is 5.75 Å². The molecule has 0 bridgehead atoms. The van der Waals surface area contributed by atoms with Crippen LogP contribution in [0, 0.1) is 11.3 Å². The number of methoxy groups -OCH3 is 2. The molecule has 0 aliphatic carbocycles. The van der Waals surface area contributed by atoms with Crippen molar-refractivity contribution < 1.29 is 9.47 Å². The molecule has 0 aliphatic heterocycles. The maximum absolute atomic E-state index is 5.38. The largest absolute Gasteiger partial charge is 0.496 e. The molecule has 120 valence electrons. The van der Waals surface area contributed by atoms with Gasteiger partial charge in [-0.25, -0.2) is 0 Å². The molecule has 0 heterocycles. The second-order valence-electron chi connectivity index (χ2n) is 6.90. The highest BCUT2D eigenvalue weighted by Gasteiger charge is 2.20. The highest BCUT2D eigenvalue weighted by atomic mass is 16.5. The third-order valence-corrected chi connectivity index (χ3v) is 4.31. The number of nitrogens with one attached hydrogen (secondary N) is 1. The number of hydrogen-bond donors (Lipinski definition) is 1. The fourth-order valence-corrected chi connectivity index (χ4v) is 2.11. The second-order valence-corrected chi connectivity index (χ2v) is 6.90. The van der Waals surface area contributed by atoms with Crippen LogP contribution < -0.4 is 10.1 Å². The predicted molar refractivity (Wildman–Crippen MR) is 88.7 cm³/mol. The van der Waals surface area contributed by atoms with Gasteiger partial charge >= 0.3 is 0 Å². The number of ether oxygens (including phenoxy) is 2. The summed E-state index contributed by atoms with van der Waals surface area (Å²) in [6, 6.07) is 6.63. The van der Waals surface area contributed by atoms with E-state index in [-0.39, 0.29) is 0 Å². The maximum atomic E-state index is 5.38. The molecule has 1 aromatic carbocycles. The van der Waals surface area contributed by atoms with E-state index in [0.29, 0.717) is 24.0 Å². The molecule has 2 atom stereocenters. The zero-order chi connectivity index (χ0) is 16.0. The van der Waals surface area contributed by atoms with Crippen molar-refractivity contribution in [3.63, 3.8) is 0 Å². The average Bonchev–Trinajstić information content (AvgIpc) is 2.43. The van der Waals surface area contributed by atoms with Gasteiger partial charge in [-0.15, -0.1) is 0 Å². The molecule has 0 aromatic heterocycles. The Morgan fingerprint density at radius 3 is 2.33 bits per heavy atom. The van der Waals surface area contributed by atoms with Crippen molar-refractivity contribution in [2.45, 2.75) is 47.3 Å². The Balaban J connectivity index is 2.74. The Labute approximate surface area is 130 Å². The van der Waals surface area contributed by atoms with Crippen molar-refractivity contribution >= 4 is 0 Å². The molecule has 0 fully saturated rings. The van der Waals surface area contributed by atoms with Gasteiger partial charge < -0.3 is 14.8 Å². The van der Waals surface area contributed by atoms with Crippen molar-refractivity contribution in [3.05, 3.63) is 29.3 Å². The van der Waals surface area contributed by atoms with Crippen molar-refractivity contribution in [2.75, 3.05) is 20.8 Å². The quantitative estimate of drug-likeness (QED) is 0.818. The lowest BCUT2D eigenvalue weighted by molar-refractivity contribution is 0.181. The molecule has 1 aromatic rings. The fourth-order valence-electron chi connectivity index (χ4n) is 2.11. The highest BCUT2D eigenvalue weighted by molar-refractivity contribution is 5.38. The van der Waals surface area contributed by atoms with Crippen LogP contribution in [0.2, 0.25) is 0 Å². The summed E-state index contributed by atoms with van der Waals surface area (Å²) in [5.74, 6) is 1.51. The molecule has 0 saturated carbocycles. The van der Waals surface area contributed by atoms with Gasteiger partial charge in [-0.1, -0.05) is 33.8 Å². The highest BCUT2D eigenvalue weighted by Crippen LogP contribution is 2.27. The minimum absolute atomic E-state index is 0.316. The first-order valence-electron chi connectivity index (χ1n) is 7.68. The first-order valence-corrected chi connectivity index (χ1v) is 7.68. The van der Waals surface area contributed by atoms with Gasteiger partial charge in [0.05, 0.1) is 13.7 Å². The average molecular weight is 293 g/mol. The van der Waals surface area contributed by atoms with Gasteiger partial charge in [0.2, 0.25) is 0 Å². The molecule has 0 spiro atoms. The van der Waals surface area contributed by atoms with Gasteiger partial charge in [0.25, 0.3) is 0 Å². The summed E-state index contributed by atoms with van der Waals surface area (Å²) in [5, 5.41) is 3.63. The van der Waals surface area contributed by atoms with Gasteiger partial charge in [0.15, 0.2) is 0 Å².